The van der Waals surface area contributed by atoms with E-state index in [0.717, 1.165) is 63.4 Å². The molecule has 4 heteroatoms. The van der Waals surface area contributed by atoms with Crippen molar-refractivity contribution in [1.82, 2.24) is 0 Å². The van der Waals surface area contributed by atoms with Gasteiger partial charge in [0, 0.05) is 26.2 Å². The van der Waals surface area contributed by atoms with Crippen molar-refractivity contribution in [3.05, 3.63) is 23.7 Å². The molecule has 0 radical (unpaired) electrons. The zero-order chi connectivity index (χ0) is 14.0. The van der Waals surface area contributed by atoms with Crippen LogP contribution in [0.25, 0.3) is 0 Å². The van der Waals surface area contributed by atoms with Gasteiger partial charge in [-0.3, -0.25) is 0 Å². The summed E-state index contributed by atoms with van der Waals surface area (Å²) in [7, 11) is 0. The molecule has 2 aliphatic heterocycles. The van der Waals surface area contributed by atoms with Crippen molar-refractivity contribution >= 4 is 0 Å². The van der Waals surface area contributed by atoms with Crippen molar-refractivity contribution in [2.45, 2.75) is 50.7 Å². The van der Waals surface area contributed by atoms with Crippen molar-refractivity contribution in [3.63, 3.8) is 0 Å². The molecule has 20 heavy (non-hydrogen) atoms. The monoisotopic (exact) mass is 279 g/mol. The highest BCUT2D eigenvalue weighted by molar-refractivity contribution is 5.12. The minimum atomic E-state index is -0.0149. The fourth-order valence-corrected chi connectivity index (χ4v) is 3.46. The largest absolute Gasteiger partial charge is 0.464 e. The highest BCUT2D eigenvalue weighted by atomic mass is 16.5. The third-order valence-corrected chi connectivity index (χ3v) is 4.80. The van der Waals surface area contributed by atoms with Crippen molar-refractivity contribution < 1.29 is 13.9 Å². The van der Waals surface area contributed by atoms with Crippen LogP contribution in [0.5, 0.6) is 0 Å². The van der Waals surface area contributed by atoms with Crippen LogP contribution in [0.15, 0.2) is 16.5 Å². The molecule has 0 aromatic carbocycles. The third kappa shape index (κ3) is 2.78. The number of hydrogen-bond donors (Lipinski definition) is 1. The van der Waals surface area contributed by atoms with Crippen molar-refractivity contribution in [2.75, 3.05) is 19.8 Å². The van der Waals surface area contributed by atoms with Crippen molar-refractivity contribution in [3.8, 4) is 0 Å². The van der Waals surface area contributed by atoms with E-state index in [0.29, 0.717) is 5.92 Å². The summed E-state index contributed by atoms with van der Waals surface area (Å²) in [6, 6.07) is 4.06. The van der Waals surface area contributed by atoms with Crippen LogP contribution in [-0.4, -0.2) is 25.4 Å². The summed E-state index contributed by atoms with van der Waals surface area (Å²) in [5, 5.41) is 0. The van der Waals surface area contributed by atoms with Gasteiger partial charge in [0.25, 0.3) is 0 Å². The van der Waals surface area contributed by atoms with Crippen LogP contribution < -0.4 is 5.73 Å². The quantitative estimate of drug-likeness (QED) is 0.924. The van der Waals surface area contributed by atoms with E-state index in [-0.39, 0.29) is 11.6 Å². The van der Waals surface area contributed by atoms with Crippen molar-refractivity contribution in [1.29, 1.82) is 0 Å². The predicted octanol–water partition coefficient (Wildman–Crippen LogP) is 2.82. The fourth-order valence-electron chi connectivity index (χ4n) is 3.46. The van der Waals surface area contributed by atoms with Crippen LogP contribution in [0, 0.1) is 5.92 Å². The molecule has 1 aromatic rings. The molecule has 0 bridgehead atoms. The van der Waals surface area contributed by atoms with Gasteiger partial charge in [-0.1, -0.05) is 6.92 Å². The maximum Gasteiger partial charge on any atom is 0.121 e. The van der Waals surface area contributed by atoms with Crippen molar-refractivity contribution in [2.24, 2.45) is 11.7 Å². The normalized spacial score (nSPS) is 27.6. The summed E-state index contributed by atoms with van der Waals surface area (Å²) in [6.45, 7) is 4.52. The second-order valence-electron chi connectivity index (χ2n) is 6.08. The first kappa shape index (κ1) is 14.1. The fraction of sp³-hybridized carbons (Fsp3) is 0.750. The Hall–Kier alpha value is -0.840. The van der Waals surface area contributed by atoms with Gasteiger partial charge in [0.15, 0.2) is 0 Å². The van der Waals surface area contributed by atoms with Gasteiger partial charge in [-0.2, -0.15) is 0 Å². The number of furan rings is 1. The first-order valence-corrected chi connectivity index (χ1v) is 7.78. The molecule has 1 spiro atoms. The second-order valence-corrected chi connectivity index (χ2v) is 6.08. The Kier molecular flexibility index (Phi) is 4.15. The lowest BCUT2D eigenvalue weighted by atomic mass is 9.77. The molecule has 0 saturated carbocycles. The van der Waals surface area contributed by atoms with Crippen LogP contribution in [0.1, 0.15) is 50.2 Å². The number of ether oxygens (including phenoxy) is 2. The minimum absolute atomic E-state index is 0.00103. The van der Waals surface area contributed by atoms with Crippen LogP contribution in [0.4, 0.5) is 0 Å². The summed E-state index contributed by atoms with van der Waals surface area (Å²) in [4.78, 5) is 0. The molecule has 3 heterocycles. The Morgan fingerprint density at radius 3 is 2.80 bits per heavy atom. The van der Waals surface area contributed by atoms with Gasteiger partial charge in [-0.05, 0) is 43.7 Å². The molecule has 4 nitrogen and oxygen atoms in total. The van der Waals surface area contributed by atoms with Gasteiger partial charge in [-0.25, -0.2) is 0 Å². The minimum Gasteiger partial charge on any atom is -0.464 e. The van der Waals surface area contributed by atoms with Gasteiger partial charge in [0.1, 0.15) is 11.5 Å². The molecular weight excluding hydrogens is 254 g/mol. The highest BCUT2D eigenvalue weighted by Crippen LogP contribution is 2.41. The molecule has 2 unspecified atom stereocenters. The SMILES string of the molecule is CCc1ccc(C(N)C2CCOC3(CCOCC3)C2)o1. The smallest absolute Gasteiger partial charge is 0.121 e. The Balaban J connectivity index is 1.69. The molecule has 3 rings (SSSR count). The number of hydrogen-bond acceptors (Lipinski definition) is 4. The highest BCUT2D eigenvalue weighted by Gasteiger charge is 2.41. The molecule has 2 aliphatic rings. The topological polar surface area (TPSA) is 57.6 Å². The maximum atomic E-state index is 6.45. The lowest BCUT2D eigenvalue weighted by Gasteiger charge is -2.44. The third-order valence-electron chi connectivity index (χ3n) is 4.80. The summed E-state index contributed by atoms with van der Waals surface area (Å²) in [5.74, 6) is 2.39. The molecule has 2 saturated heterocycles. The van der Waals surface area contributed by atoms with Gasteiger partial charge in [-0.15, -0.1) is 0 Å². The van der Waals surface area contributed by atoms with E-state index >= 15 is 0 Å². The average molecular weight is 279 g/mol. The lowest BCUT2D eigenvalue weighted by Crippen LogP contribution is -2.46. The molecule has 112 valence electrons. The van der Waals surface area contributed by atoms with E-state index in [9.17, 15) is 0 Å². The molecule has 0 aliphatic carbocycles. The van der Waals surface area contributed by atoms with Crippen LogP contribution in [0.2, 0.25) is 0 Å². The molecule has 1 aromatic heterocycles. The van der Waals surface area contributed by atoms with E-state index in [1.54, 1.807) is 0 Å². The van der Waals surface area contributed by atoms with Crippen LogP contribution in [0.3, 0.4) is 0 Å². The van der Waals surface area contributed by atoms with Gasteiger partial charge in [0.05, 0.1) is 11.6 Å². The van der Waals surface area contributed by atoms with Crippen LogP contribution in [-0.2, 0) is 15.9 Å². The van der Waals surface area contributed by atoms with Gasteiger partial charge >= 0.3 is 0 Å². The summed E-state index contributed by atoms with van der Waals surface area (Å²) in [6.07, 6.45) is 4.95. The molecule has 2 atom stereocenters. The zero-order valence-electron chi connectivity index (χ0n) is 12.3. The van der Waals surface area contributed by atoms with E-state index in [4.69, 9.17) is 19.6 Å². The standard InChI is InChI=1S/C16H25NO3/c1-2-13-3-4-14(20-13)15(17)12-5-8-19-16(11-12)6-9-18-10-7-16/h3-4,12,15H,2,5-11,17H2,1H3. The molecular formula is C16H25NO3. The summed E-state index contributed by atoms with van der Waals surface area (Å²) < 4.78 is 17.4. The van der Waals surface area contributed by atoms with Gasteiger partial charge < -0.3 is 19.6 Å². The van der Waals surface area contributed by atoms with E-state index < -0.39 is 0 Å². The molecule has 2 fully saturated rings. The van der Waals surface area contributed by atoms with E-state index in [1.807, 2.05) is 12.1 Å². The summed E-state index contributed by atoms with van der Waals surface area (Å²) >= 11 is 0. The number of aryl methyl sites for hydroxylation is 1. The number of nitrogens with two attached hydrogens (primary N) is 1. The molecule has 0 amide bonds. The Morgan fingerprint density at radius 2 is 2.10 bits per heavy atom. The van der Waals surface area contributed by atoms with Crippen LogP contribution >= 0.6 is 0 Å². The Labute approximate surface area is 120 Å². The average Bonchev–Trinajstić information content (AvgIpc) is 2.96. The lowest BCUT2D eigenvalue weighted by molar-refractivity contribution is -0.149. The maximum absolute atomic E-state index is 6.45. The number of rotatable bonds is 3. The Bertz CT molecular complexity index is 431. The first-order chi connectivity index (χ1) is 9.72. The summed E-state index contributed by atoms with van der Waals surface area (Å²) in [5.41, 5.74) is 6.45. The predicted molar refractivity (Wildman–Crippen MR) is 76.5 cm³/mol. The molecule has 2 N–H and O–H groups in total. The second kappa shape index (κ2) is 5.88. The zero-order valence-corrected chi connectivity index (χ0v) is 12.3. The van der Waals surface area contributed by atoms with Gasteiger partial charge in [0.2, 0.25) is 0 Å². The Morgan fingerprint density at radius 1 is 1.30 bits per heavy atom. The van der Waals surface area contributed by atoms with E-state index in [2.05, 4.69) is 6.92 Å². The van der Waals surface area contributed by atoms with E-state index in [1.165, 1.54) is 0 Å². The first-order valence-electron chi connectivity index (χ1n) is 7.78.